The number of aromatic nitrogens is 1. The van der Waals surface area contributed by atoms with Crippen molar-refractivity contribution in [2.45, 2.75) is 18.6 Å². The molecule has 4 nitrogen and oxygen atoms in total. The molecule has 1 saturated heterocycles. The zero-order valence-corrected chi connectivity index (χ0v) is 13.8. The average Bonchev–Trinajstić information content (AvgIpc) is 3.26. The first-order valence-electron chi connectivity index (χ1n) is 8.62. The first-order chi connectivity index (χ1) is 12.3. The highest BCUT2D eigenvalue weighted by Crippen LogP contribution is 2.43. The van der Waals surface area contributed by atoms with E-state index in [4.69, 9.17) is 4.74 Å². The molecule has 1 amide bonds. The Morgan fingerprint density at radius 1 is 1.08 bits per heavy atom. The molecule has 5 rings (SSSR count). The van der Waals surface area contributed by atoms with Gasteiger partial charge < -0.3 is 9.64 Å². The first kappa shape index (κ1) is 14.6. The average molecular weight is 330 g/mol. The van der Waals surface area contributed by atoms with Crippen LogP contribution < -0.4 is 0 Å². The summed E-state index contributed by atoms with van der Waals surface area (Å²) in [5.74, 6) is 0.0588. The monoisotopic (exact) mass is 330 g/mol. The molecule has 2 aromatic carbocycles. The molecule has 4 heteroatoms. The highest BCUT2D eigenvalue weighted by Gasteiger charge is 2.46. The third-order valence-electron chi connectivity index (χ3n) is 5.41. The van der Waals surface area contributed by atoms with Gasteiger partial charge in [0.15, 0.2) is 0 Å². The first-order valence-corrected chi connectivity index (χ1v) is 8.62. The predicted molar refractivity (Wildman–Crippen MR) is 95.2 cm³/mol. The summed E-state index contributed by atoms with van der Waals surface area (Å²) in [5, 5.41) is 0.906. The van der Waals surface area contributed by atoms with E-state index in [9.17, 15) is 4.79 Å². The number of pyridine rings is 1. The summed E-state index contributed by atoms with van der Waals surface area (Å²) >= 11 is 0. The Balaban J connectivity index is 1.49. The van der Waals surface area contributed by atoms with Crippen LogP contribution in [0.15, 0.2) is 60.8 Å². The van der Waals surface area contributed by atoms with Crippen LogP contribution in [-0.2, 0) is 16.9 Å². The van der Waals surface area contributed by atoms with Gasteiger partial charge in [0.05, 0.1) is 18.7 Å². The molecule has 1 fully saturated rings. The van der Waals surface area contributed by atoms with Crippen LogP contribution in [0.4, 0.5) is 0 Å². The van der Waals surface area contributed by atoms with Crippen molar-refractivity contribution in [2.24, 2.45) is 0 Å². The Kier molecular flexibility index (Phi) is 3.15. The van der Waals surface area contributed by atoms with Gasteiger partial charge in [-0.3, -0.25) is 9.78 Å². The molecular weight excluding hydrogens is 312 g/mol. The normalized spacial score (nSPS) is 21.8. The molecule has 1 spiro atoms. The minimum atomic E-state index is -0.338. The van der Waals surface area contributed by atoms with Crippen LogP contribution in [0.5, 0.6) is 0 Å². The maximum Gasteiger partial charge on any atom is 0.254 e. The Morgan fingerprint density at radius 2 is 2.00 bits per heavy atom. The molecule has 0 bridgehead atoms. The number of carbonyl (C=O) groups excluding carboxylic acids is 1. The summed E-state index contributed by atoms with van der Waals surface area (Å²) in [4.78, 5) is 19.4. The van der Waals surface area contributed by atoms with Crippen LogP contribution in [0.3, 0.4) is 0 Å². The lowest BCUT2D eigenvalue weighted by molar-refractivity contribution is -0.0282. The summed E-state index contributed by atoms with van der Waals surface area (Å²) in [7, 11) is 0. The van der Waals surface area contributed by atoms with Crippen LogP contribution in [0.25, 0.3) is 10.9 Å². The maximum atomic E-state index is 13.2. The van der Waals surface area contributed by atoms with Gasteiger partial charge in [-0.05, 0) is 35.7 Å². The van der Waals surface area contributed by atoms with Crippen LogP contribution >= 0.6 is 0 Å². The largest absolute Gasteiger partial charge is 0.364 e. The van der Waals surface area contributed by atoms with Crippen molar-refractivity contribution < 1.29 is 9.53 Å². The fourth-order valence-corrected chi connectivity index (χ4v) is 4.14. The third-order valence-corrected chi connectivity index (χ3v) is 5.41. The number of rotatable bonds is 1. The molecule has 25 heavy (non-hydrogen) atoms. The molecule has 2 aliphatic rings. The predicted octanol–water partition coefficient (Wildman–Crippen LogP) is 3.51. The van der Waals surface area contributed by atoms with E-state index >= 15 is 0 Å². The third kappa shape index (κ3) is 2.18. The van der Waals surface area contributed by atoms with Crippen molar-refractivity contribution in [2.75, 3.05) is 13.1 Å². The minimum Gasteiger partial charge on any atom is -0.364 e. The zero-order valence-electron chi connectivity index (χ0n) is 13.8. The van der Waals surface area contributed by atoms with Crippen molar-refractivity contribution in [3.05, 3.63) is 77.5 Å². The van der Waals surface area contributed by atoms with Gasteiger partial charge in [-0.2, -0.15) is 0 Å². The van der Waals surface area contributed by atoms with E-state index < -0.39 is 0 Å². The topological polar surface area (TPSA) is 42.4 Å². The van der Waals surface area contributed by atoms with E-state index in [2.05, 4.69) is 23.2 Å². The summed E-state index contributed by atoms with van der Waals surface area (Å²) in [6.07, 6.45) is 2.60. The second-order valence-electron chi connectivity index (χ2n) is 6.79. The number of benzene rings is 2. The highest BCUT2D eigenvalue weighted by molar-refractivity contribution is 6.06. The maximum absolute atomic E-state index is 13.2. The molecule has 124 valence electrons. The molecule has 1 unspecified atom stereocenters. The number of carbonyl (C=O) groups is 1. The zero-order chi connectivity index (χ0) is 16.9. The fourth-order valence-electron chi connectivity index (χ4n) is 4.14. The van der Waals surface area contributed by atoms with Gasteiger partial charge in [-0.25, -0.2) is 0 Å². The van der Waals surface area contributed by atoms with E-state index in [0.29, 0.717) is 25.3 Å². The van der Waals surface area contributed by atoms with Gasteiger partial charge in [-0.1, -0.05) is 36.4 Å². The van der Waals surface area contributed by atoms with Crippen molar-refractivity contribution >= 4 is 16.8 Å². The quantitative estimate of drug-likeness (QED) is 0.686. The lowest BCUT2D eigenvalue weighted by Gasteiger charge is -2.25. The Labute approximate surface area is 146 Å². The SMILES string of the molecule is O=C(c1cccc2ncccc12)N1CCC2(C1)OCc1ccccc12. The number of hydrogen-bond donors (Lipinski definition) is 0. The van der Waals surface area contributed by atoms with Crippen molar-refractivity contribution in [3.8, 4) is 0 Å². The van der Waals surface area contributed by atoms with Crippen molar-refractivity contribution in [1.82, 2.24) is 9.88 Å². The van der Waals surface area contributed by atoms with Gasteiger partial charge in [0.2, 0.25) is 0 Å². The van der Waals surface area contributed by atoms with Crippen LogP contribution in [0, 0.1) is 0 Å². The number of fused-ring (bicyclic) bond motifs is 3. The molecule has 1 atom stereocenters. The van der Waals surface area contributed by atoms with Crippen LogP contribution in [-0.4, -0.2) is 28.9 Å². The van der Waals surface area contributed by atoms with Crippen molar-refractivity contribution in [3.63, 3.8) is 0 Å². The molecule has 0 radical (unpaired) electrons. The lowest BCUT2D eigenvalue weighted by atomic mass is 9.92. The number of nitrogens with zero attached hydrogens (tertiary/aromatic N) is 2. The lowest BCUT2D eigenvalue weighted by Crippen LogP contribution is -2.34. The van der Waals surface area contributed by atoms with Gasteiger partial charge in [0.25, 0.3) is 5.91 Å². The van der Waals surface area contributed by atoms with Gasteiger partial charge in [0, 0.05) is 23.7 Å². The smallest absolute Gasteiger partial charge is 0.254 e. The molecule has 2 aliphatic heterocycles. The minimum absolute atomic E-state index is 0.0588. The number of likely N-dealkylation sites (tertiary alicyclic amines) is 1. The number of hydrogen-bond acceptors (Lipinski definition) is 3. The van der Waals surface area contributed by atoms with E-state index in [-0.39, 0.29) is 11.5 Å². The second-order valence-corrected chi connectivity index (χ2v) is 6.79. The summed E-state index contributed by atoms with van der Waals surface area (Å²) in [6, 6.07) is 17.9. The van der Waals surface area contributed by atoms with E-state index in [0.717, 1.165) is 17.3 Å². The number of amides is 1. The second kappa shape index (κ2) is 5.39. The standard InChI is InChI=1S/C21H18N2O2/c24-20(17-6-3-9-19-16(17)7-4-11-22-19)23-12-10-21(14-23)18-8-2-1-5-15(18)13-25-21/h1-9,11H,10,12-14H2. The molecule has 0 N–H and O–H groups in total. The van der Waals surface area contributed by atoms with Crippen LogP contribution in [0.2, 0.25) is 0 Å². The van der Waals surface area contributed by atoms with E-state index in [1.807, 2.05) is 41.3 Å². The van der Waals surface area contributed by atoms with Crippen LogP contribution in [0.1, 0.15) is 27.9 Å². The van der Waals surface area contributed by atoms with Gasteiger partial charge in [-0.15, -0.1) is 0 Å². The Hall–Kier alpha value is -2.72. The van der Waals surface area contributed by atoms with Crippen molar-refractivity contribution in [1.29, 1.82) is 0 Å². The molecule has 3 heterocycles. The Morgan fingerprint density at radius 3 is 2.96 bits per heavy atom. The molecule has 3 aromatic rings. The van der Waals surface area contributed by atoms with Gasteiger partial charge >= 0.3 is 0 Å². The molecule has 0 saturated carbocycles. The number of ether oxygens (including phenoxy) is 1. The Bertz CT molecular complexity index is 979. The molecule has 1 aromatic heterocycles. The fraction of sp³-hybridized carbons (Fsp3) is 0.238. The van der Waals surface area contributed by atoms with Gasteiger partial charge in [0.1, 0.15) is 5.60 Å². The highest BCUT2D eigenvalue weighted by atomic mass is 16.5. The summed E-state index contributed by atoms with van der Waals surface area (Å²) in [5.41, 5.74) is 3.71. The summed E-state index contributed by atoms with van der Waals surface area (Å²) in [6.45, 7) is 1.96. The molecule has 0 aliphatic carbocycles. The molecular formula is C21H18N2O2. The summed E-state index contributed by atoms with van der Waals surface area (Å²) < 4.78 is 6.17. The van der Waals surface area contributed by atoms with E-state index in [1.54, 1.807) is 6.20 Å². The van der Waals surface area contributed by atoms with E-state index in [1.165, 1.54) is 11.1 Å².